The fourth-order valence-electron chi connectivity index (χ4n) is 1.40. The minimum atomic E-state index is -4.41. The highest BCUT2D eigenvalue weighted by Gasteiger charge is 2.27. The second kappa shape index (κ2) is 6.08. The number of anilines is 1. The second-order valence-corrected chi connectivity index (χ2v) is 4.79. The fourth-order valence-corrected chi connectivity index (χ4v) is 1.88. The minimum Gasteiger partial charge on any atom is -0.396 e. The highest BCUT2D eigenvalue weighted by Crippen LogP contribution is 2.32. The van der Waals surface area contributed by atoms with Gasteiger partial charge in [-0.25, -0.2) is 0 Å². The monoisotopic (exact) mass is 341 g/mol. The van der Waals surface area contributed by atoms with Crippen LogP contribution in [0.3, 0.4) is 0 Å². The summed E-state index contributed by atoms with van der Waals surface area (Å²) >= 11 is 11.7. The summed E-state index contributed by atoms with van der Waals surface area (Å²) in [6, 6.07) is 2.91. The molecule has 1 aromatic carbocycles. The third-order valence-corrected chi connectivity index (χ3v) is 2.92. The number of ether oxygens (including phenoxy) is 1. The number of nitrogens with zero attached hydrogens (tertiary/aromatic N) is 2. The van der Waals surface area contributed by atoms with Gasteiger partial charge < -0.3 is 15.0 Å². The quantitative estimate of drug-likeness (QED) is 0.858. The summed E-state index contributed by atoms with van der Waals surface area (Å²) in [6.07, 6.45) is -4.41. The predicted octanol–water partition coefficient (Wildman–Crippen LogP) is 3.70. The smallest absolute Gasteiger partial charge is 0.396 e. The summed E-state index contributed by atoms with van der Waals surface area (Å²) in [7, 11) is 0. The van der Waals surface area contributed by atoms with Crippen molar-refractivity contribution in [3.63, 3.8) is 0 Å². The molecule has 10 heteroatoms. The Morgan fingerprint density at radius 2 is 1.86 bits per heavy atom. The number of hydrogen-bond acceptors (Lipinski definition) is 5. The van der Waals surface area contributed by atoms with Crippen LogP contribution in [0, 0.1) is 0 Å². The molecular formula is C11H8Cl2F3N3O2. The van der Waals surface area contributed by atoms with Crippen LogP contribution in [0.1, 0.15) is 5.82 Å². The number of hydrogen-bond donors (Lipinski definition) is 1. The lowest BCUT2D eigenvalue weighted by molar-refractivity contribution is -0.177. The molecule has 2 aromatic rings. The van der Waals surface area contributed by atoms with E-state index in [4.69, 9.17) is 33.5 Å². The zero-order valence-electron chi connectivity index (χ0n) is 10.2. The van der Waals surface area contributed by atoms with E-state index >= 15 is 0 Å². The normalized spacial score (nSPS) is 11.9. The molecule has 0 saturated heterocycles. The van der Waals surface area contributed by atoms with E-state index in [2.05, 4.69) is 14.9 Å². The highest BCUT2D eigenvalue weighted by atomic mass is 35.5. The molecule has 2 rings (SSSR count). The summed E-state index contributed by atoms with van der Waals surface area (Å²) in [6.45, 7) is -1.82. The van der Waals surface area contributed by atoms with Crippen LogP contribution >= 0.6 is 23.2 Å². The summed E-state index contributed by atoms with van der Waals surface area (Å²) in [5.74, 6) is 0.0164. The Morgan fingerprint density at radius 3 is 2.43 bits per heavy atom. The molecule has 0 bridgehead atoms. The Hall–Kier alpha value is -1.51. The van der Waals surface area contributed by atoms with Crippen molar-refractivity contribution in [2.75, 3.05) is 12.3 Å². The van der Waals surface area contributed by atoms with Crippen molar-refractivity contribution in [1.82, 2.24) is 10.1 Å². The van der Waals surface area contributed by atoms with Gasteiger partial charge in [-0.05, 0) is 12.1 Å². The lowest BCUT2D eigenvalue weighted by atomic mass is 10.2. The Labute approximate surface area is 126 Å². The summed E-state index contributed by atoms with van der Waals surface area (Å²) in [5.41, 5.74) is 6.18. The van der Waals surface area contributed by atoms with E-state index in [1.54, 1.807) is 0 Å². The van der Waals surface area contributed by atoms with Crippen molar-refractivity contribution < 1.29 is 22.4 Å². The zero-order chi connectivity index (χ0) is 15.6. The largest absolute Gasteiger partial charge is 0.411 e. The van der Waals surface area contributed by atoms with E-state index in [1.165, 1.54) is 12.1 Å². The van der Waals surface area contributed by atoms with Gasteiger partial charge >= 0.3 is 6.18 Å². The van der Waals surface area contributed by atoms with Crippen molar-refractivity contribution in [2.24, 2.45) is 0 Å². The van der Waals surface area contributed by atoms with Crippen LogP contribution < -0.4 is 5.73 Å². The standard InChI is InChI=1S/C11H8Cl2F3N3O2/c12-6-1-5(2-7(13)9(6)17)10-18-8(19-21-10)3-20-4-11(14,15)16/h1-2H,3-4,17H2. The average molecular weight is 342 g/mol. The Balaban J connectivity index is 2.10. The van der Waals surface area contributed by atoms with Crippen LogP contribution in [0.4, 0.5) is 18.9 Å². The first-order valence-corrected chi connectivity index (χ1v) is 6.24. The average Bonchev–Trinajstić information content (AvgIpc) is 2.82. The van der Waals surface area contributed by atoms with E-state index in [-0.39, 0.29) is 27.4 Å². The Kier molecular flexibility index (Phi) is 4.60. The van der Waals surface area contributed by atoms with Crippen LogP contribution in [-0.4, -0.2) is 22.9 Å². The third kappa shape index (κ3) is 4.23. The number of benzene rings is 1. The molecule has 0 saturated carbocycles. The molecule has 0 spiro atoms. The van der Waals surface area contributed by atoms with Crippen molar-refractivity contribution in [2.45, 2.75) is 12.8 Å². The van der Waals surface area contributed by atoms with Crippen molar-refractivity contribution in [3.05, 3.63) is 28.0 Å². The SMILES string of the molecule is Nc1c(Cl)cc(-c2nc(COCC(F)(F)F)no2)cc1Cl. The molecule has 0 atom stereocenters. The molecule has 1 aromatic heterocycles. The maximum Gasteiger partial charge on any atom is 0.411 e. The molecule has 1 heterocycles. The number of alkyl halides is 3. The zero-order valence-corrected chi connectivity index (χ0v) is 11.8. The molecule has 0 amide bonds. The lowest BCUT2D eigenvalue weighted by Gasteiger charge is -2.04. The summed E-state index contributed by atoms with van der Waals surface area (Å²) in [4.78, 5) is 3.88. The molecule has 0 fully saturated rings. The van der Waals surface area contributed by atoms with E-state index < -0.39 is 19.4 Å². The van der Waals surface area contributed by atoms with Crippen LogP contribution in [0.25, 0.3) is 11.5 Å². The number of aromatic nitrogens is 2. The fraction of sp³-hybridized carbons (Fsp3) is 0.273. The third-order valence-electron chi connectivity index (χ3n) is 2.29. The first-order chi connectivity index (χ1) is 9.76. The van der Waals surface area contributed by atoms with Gasteiger partial charge in [0.2, 0.25) is 0 Å². The number of nitrogen functional groups attached to an aromatic ring is 1. The Bertz CT molecular complexity index is 623. The van der Waals surface area contributed by atoms with Gasteiger partial charge in [-0.15, -0.1) is 0 Å². The van der Waals surface area contributed by atoms with Gasteiger partial charge in [0.15, 0.2) is 5.82 Å². The topological polar surface area (TPSA) is 74.2 Å². The van der Waals surface area contributed by atoms with Crippen LogP contribution in [-0.2, 0) is 11.3 Å². The van der Waals surface area contributed by atoms with Gasteiger partial charge in [-0.3, -0.25) is 0 Å². The molecule has 0 aliphatic rings. The maximum absolute atomic E-state index is 11.9. The number of rotatable bonds is 4. The molecule has 21 heavy (non-hydrogen) atoms. The van der Waals surface area contributed by atoms with E-state index in [9.17, 15) is 13.2 Å². The van der Waals surface area contributed by atoms with Crippen molar-refractivity contribution in [3.8, 4) is 11.5 Å². The molecule has 0 aliphatic carbocycles. The van der Waals surface area contributed by atoms with Gasteiger partial charge in [-0.2, -0.15) is 18.2 Å². The van der Waals surface area contributed by atoms with Crippen molar-refractivity contribution >= 4 is 28.9 Å². The van der Waals surface area contributed by atoms with Crippen molar-refractivity contribution in [1.29, 1.82) is 0 Å². The number of halogens is 5. The maximum atomic E-state index is 11.9. The molecule has 5 nitrogen and oxygen atoms in total. The summed E-state index contributed by atoms with van der Waals surface area (Å²) < 4.78 is 45.1. The van der Waals surface area contributed by atoms with Gasteiger partial charge in [0, 0.05) is 5.56 Å². The first-order valence-electron chi connectivity index (χ1n) is 5.48. The lowest BCUT2D eigenvalue weighted by Crippen LogP contribution is -2.16. The number of nitrogens with two attached hydrogens (primary N) is 1. The molecular weight excluding hydrogens is 334 g/mol. The van der Waals surface area contributed by atoms with Crippen LogP contribution in [0.2, 0.25) is 10.0 Å². The molecule has 0 unspecified atom stereocenters. The molecule has 0 aliphatic heterocycles. The van der Waals surface area contributed by atoms with Gasteiger partial charge in [0.1, 0.15) is 13.2 Å². The van der Waals surface area contributed by atoms with Gasteiger partial charge in [0.25, 0.3) is 5.89 Å². The molecule has 2 N–H and O–H groups in total. The first kappa shape index (κ1) is 15.9. The predicted molar refractivity (Wildman–Crippen MR) is 69.9 cm³/mol. The molecule has 114 valence electrons. The molecule has 0 radical (unpaired) electrons. The highest BCUT2D eigenvalue weighted by molar-refractivity contribution is 6.39. The summed E-state index contributed by atoms with van der Waals surface area (Å²) in [5, 5.41) is 3.90. The van der Waals surface area contributed by atoms with Crippen LogP contribution in [0.15, 0.2) is 16.7 Å². The Morgan fingerprint density at radius 1 is 1.24 bits per heavy atom. The second-order valence-electron chi connectivity index (χ2n) is 3.98. The van der Waals surface area contributed by atoms with E-state index in [0.717, 1.165) is 0 Å². The minimum absolute atomic E-state index is 0.0293. The van der Waals surface area contributed by atoms with Gasteiger partial charge in [-0.1, -0.05) is 28.4 Å². The van der Waals surface area contributed by atoms with Crippen LogP contribution in [0.5, 0.6) is 0 Å². The van der Waals surface area contributed by atoms with E-state index in [1.807, 2.05) is 0 Å². The van der Waals surface area contributed by atoms with Gasteiger partial charge in [0.05, 0.1) is 15.7 Å². The van der Waals surface area contributed by atoms with E-state index in [0.29, 0.717) is 5.56 Å².